The fourth-order valence-corrected chi connectivity index (χ4v) is 2.02. The maximum absolute atomic E-state index is 6.14. The Bertz CT molecular complexity index is 488. The average Bonchev–Trinajstić information content (AvgIpc) is 2.75. The largest absolute Gasteiger partial charge is 0.335 e. The normalized spacial score (nSPS) is 13.0. The molecule has 3 N–H and O–H groups in total. The van der Waals surface area contributed by atoms with E-state index in [4.69, 9.17) is 5.73 Å². The van der Waals surface area contributed by atoms with Gasteiger partial charge in [-0.25, -0.2) is 4.98 Å². The first-order valence-electron chi connectivity index (χ1n) is 5.63. The van der Waals surface area contributed by atoms with Gasteiger partial charge in [0.05, 0.1) is 12.2 Å². The van der Waals surface area contributed by atoms with Crippen LogP contribution in [0.3, 0.4) is 0 Å². The monoisotopic (exact) mass is 293 g/mol. The van der Waals surface area contributed by atoms with Crippen molar-refractivity contribution < 1.29 is 0 Å². The molecule has 0 spiro atoms. The summed E-state index contributed by atoms with van der Waals surface area (Å²) in [6.07, 6.45) is 1.72. The van der Waals surface area contributed by atoms with Crippen LogP contribution < -0.4 is 5.73 Å². The van der Waals surface area contributed by atoms with E-state index in [1.54, 1.807) is 6.20 Å². The lowest BCUT2D eigenvalue weighted by Crippen LogP contribution is -2.13. The van der Waals surface area contributed by atoms with Crippen molar-refractivity contribution in [3.8, 4) is 0 Å². The minimum absolute atomic E-state index is 0.206. The van der Waals surface area contributed by atoms with Crippen molar-refractivity contribution in [3.63, 3.8) is 0 Å². The Hall–Kier alpha value is -1.13. The Balaban J connectivity index is 2.22. The van der Waals surface area contributed by atoms with E-state index in [0.29, 0.717) is 5.92 Å². The van der Waals surface area contributed by atoms with Gasteiger partial charge in [0.1, 0.15) is 10.4 Å². The highest BCUT2D eigenvalue weighted by Crippen LogP contribution is 2.21. The SMILES string of the molecule is CC(C)c1ccc(C(N)c2ncc(Br)[nH]2)cc1. The number of aromatic amines is 1. The molecule has 1 aromatic carbocycles. The Labute approximate surface area is 110 Å². The Morgan fingerprint density at radius 3 is 2.24 bits per heavy atom. The molecule has 0 amide bonds. The smallest absolute Gasteiger partial charge is 0.128 e. The van der Waals surface area contributed by atoms with Crippen molar-refractivity contribution in [2.24, 2.45) is 5.73 Å². The van der Waals surface area contributed by atoms with Crippen LogP contribution in [0.15, 0.2) is 35.1 Å². The zero-order valence-corrected chi connectivity index (χ0v) is 11.5. The number of halogens is 1. The van der Waals surface area contributed by atoms with E-state index in [0.717, 1.165) is 16.0 Å². The van der Waals surface area contributed by atoms with E-state index >= 15 is 0 Å². The molecule has 4 heteroatoms. The van der Waals surface area contributed by atoms with Crippen LogP contribution in [0.4, 0.5) is 0 Å². The molecule has 1 unspecified atom stereocenters. The Morgan fingerprint density at radius 2 is 1.76 bits per heavy atom. The molecule has 0 saturated heterocycles. The highest BCUT2D eigenvalue weighted by Gasteiger charge is 2.12. The minimum atomic E-state index is -0.206. The Kier molecular flexibility index (Phi) is 3.64. The molecule has 0 fully saturated rings. The van der Waals surface area contributed by atoms with Crippen molar-refractivity contribution >= 4 is 15.9 Å². The van der Waals surface area contributed by atoms with Gasteiger partial charge < -0.3 is 10.7 Å². The summed E-state index contributed by atoms with van der Waals surface area (Å²) < 4.78 is 0.849. The number of nitrogens with zero attached hydrogens (tertiary/aromatic N) is 1. The quantitative estimate of drug-likeness (QED) is 0.912. The molecule has 1 aromatic heterocycles. The number of hydrogen-bond donors (Lipinski definition) is 2. The maximum atomic E-state index is 6.14. The van der Waals surface area contributed by atoms with Crippen molar-refractivity contribution in [2.45, 2.75) is 25.8 Å². The van der Waals surface area contributed by atoms with Gasteiger partial charge in [-0.2, -0.15) is 0 Å². The van der Waals surface area contributed by atoms with Crippen molar-refractivity contribution in [1.29, 1.82) is 0 Å². The number of nitrogens with one attached hydrogen (secondary N) is 1. The summed E-state index contributed by atoms with van der Waals surface area (Å²) in [5.74, 6) is 1.31. The lowest BCUT2D eigenvalue weighted by atomic mass is 9.99. The number of H-pyrrole nitrogens is 1. The molecule has 1 heterocycles. The molecular weight excluding hydrogens is 278 g/mol. The van der Waals surface area contributed by atoms with Crippen LogP contribution in [0.25, 0.3) is 0 Å². The van der Waals surface area contributed by atoms with E-state index in [1.165, 1.54) is 5.56 Å². The summed E-state index contributed by atoms with van der Waals surface area (Å²) in [4.78, 5) is 7.31. The predicted molar refractivity (Wildman–Crippen MR) is 72.8 cm³/mol. The molecule has 3 nitrogen and oxygen atoms in total. The fraction of sp³-hybridized carbons (Fsp3) is 0.308. The first-order chi connectivity index (χ1) is 8.08. The van der Waals surface area contributed by atoms with Gasteiger partial charge in [-0.1, -0.05) is 38.1 Å². The topological polar surface area (TPSA) is 54.7 Å². The molecule has 17 heavy (non-hydrogen) atoms. The van der Waals surface area contributed by atoms with Crippen LogP contribution in [-0.2, 0) is 0 Å². The highest BCUT2D eigenvalue weighted by molar-refractivity contribution is 9.10. The fourth-order valence-electron chi connectivity index (χ4n) is 1.72. The first-order valence-corrected chi connectivity index (χ1v) is 6.43. The summed E-state index contributed by atoms with van der Waals surface area (Å²) in [6.45, 7) is 4.36. The van der Waals surface area contributed by atoms with Crippen LogP contribution in [0.5, 0.6) is 0 Å². The van der Waals surface area contributed by atoms with Crippen molar-refractivity contribution in [2.75, 3.05) is 0 Å². The highest BCUT2D eigenvalue weighted by atomic mass is 79.9. The predicted octanol–water partition coefficient (Wildman–Crippen LogP) is 3.34. The number of hydrogen-bond acceptors (Lipinski definition) is 2. The first kappa shape index (κ1) is 12.3. The standard InChI is InChI=1S/C13H16BrN3/c1-8(2)9-3-5-10(6-4-9)12(15)13-16-7-11(14)17-13/h3-8,12H,15H2,1-2H3,(H,16,17). The molecular formula is C13H16BrN3. The summed E-state index contributed by atoms with van der Waals surface area (Å²) in [5.41, 5.74) is 8.53. The molecule has 0 aliphatic heterocycles. The van der Waals surface area contributed by atoms with Gasteiger partial charge in [-0.15, -0.1) is 0 Å². The third kappa shape index (κ3) is 2.76. The van der Waals surface area contributed by atoms with E-state index in [1.807, 2.05) is 0 Å². The zero-order chi connectivity index (χ0) is 12.4. The minimum Gasteiger partial charge on any atom is -0.335 e. The molecule has 0 aliphatic rings. The van der Waals surface area contributed by atoms with Gasteiger partial charge in [0, 0.05) is 0 Å². The van der Waals surface area contributed by atoms with Gasteiger partial charge in [0.25, 0.3) is 0 Å². The van der Waals surface area contributed by atoms with Crippen molar-refractivity contribution in [1.82, 2.24) is 9.97 Å². The number of rotatable bonds is 3. The second-order valence-electron chi connectivity index (χ2n) is 4.42. The van der Waals surface area contributed by atoms with Crippen LogP contribution >= 0.6 is 15.9 Å². The van der Waals surface area contributed by atoms with Gasteiger partial charge in [-0.05, 0) is 33.0 Å². The van der Waals surface area contributed by atoms with Gasteiger partial charge in [-0.3, -0.25) is 0 Å². The lowest BCUT2D eigenvalue weighted by molar-refractivity contribution is 0.795. The third-order valence-corrected chi connectivity index (χ3v) is 3.22. The molecule has 0 radical (unpaired) electrons. The van der Waals surface area contributed by atoms with E-state index in [2.05, 4.69) is 64.0 Å². The van der Waals surface area contributed by atoms with Crippen molar-refractivity contribution in [3.05, 3.63) is 52.0 Å². The zero-order valence-electron chi connectivity index (χ0n) is 9.94. The second kappa shape index (κ2) is 5.02. The van der Waals surface area contributed by atoms with Gasteiger partial charge in [0.2, 0.25) is 0 Å². The van der Waals surface area contributed by atoms with Crippen LogP contribution in [0, 0.1) is 0 Å². The van der Waals surface area contributed by atoms with Gasteiger partial charge >= 0.3 is 0 Å². The molecule has 0 saturated carbocycles. The molecule has 0 bridgehead atoms. The van der Waals surface area contributed by atoms with Crippen LogP contribution in [0.2, 0.25) is 0 Å². The van der Waals surface area contributed by atoms with Gasteiger partial charge in [0.15, 0.2) is 0 Å². The molecule has 90 valence electrons. The summed E-state index contributed by atoms with van der Waals surface area (Å²) in [6, 6.07) is 8.17. The number of aromatic nitrogens is 2. The molecule has 2 rings (SSSR count). The van der Waals surface area contributed by atoms with E-state index < -0.39 is 0 Å². The van der Waals surface area contributed by atoms with E-state index in [-0.39, 0.29) is 6.04 Å². The second-order valence-corrected chi connectivity index (χ2v) is 5.27. The maximum Gasteiger partial charge on any atom is 0.128 e. The number of nitrogens with two attached hydrogens (primary N) is 1. The van der Waals surface area contributed by atoms with E-state index in [9.17, 15) is 0 Å². The molecule has 2 aromatic rings. The molecule has 0 aliphatic carbocycles. The Morgan fingerprint density at radius 1 is 1.18 bits per heavy atom. The summed E-state index contributed by atoms with van der Waals surface area (Å²) in [7, 11) is 0. The average molecular weight is 294 g/mol. The summed E-state index contributed by atoms with van der Waals surface area (Å²) >= 11 is 3.33. The lowest BCUT2D eigenvalue weighted by Gasteiger charge is -2.11. The van der Waals surface area contributed by atoms with Crippen LogP contribution in [0.1, 0.15) is 42.8 Å². The third-order valence-electron chi connectivity index (χ3n) is 2.82. The van der Waals surface area contributed by atoms with Crippen LogP contribution in [-0.4, -0.2) is 9.97 Å². The number of benzene rings is 1. The summed E-state index contributed by atoms with van der Waals surface area (Å²) in [5, 5.41) is 0. The molecule has 1 atom stereocenters. The number of imidazole rings is 1.